The third-order valence-electron chi connectivity index (χ3n) is 5.05. The summed E-state index contributed by atoms with van der Waals surface area (Å²) < 4.78 is 3.15. The number of aromatic nitrogens is 1. The van der Waals surface area contributed by atoms with Crippen LogP contribution in [0.5, 0.6) is 0 Å². The minimum atomic E-state index is -0.270. The molecule has 2 heterocycles. The van der Waals surface area contributed by atoms with Crippen LogP contribution in [0.2, 0.25) is 10.0 Å². The molecule has 0 atom stereocenters. The molecule has 2 aromatic carbocycles. The Kier molecular flexibility index (Phi) is 6.53. The van der Waals surface area contributed by atoms with Gasteiger partial charge in [0.2, 0.25) is 0 Å². The normalized spacial score (nSPS) is 15.4. The van der Waals surface area contributed by atoms with Gasteiger partial charge in [0.25, 0.3) is 11.1 Å². The van der Waals surface area contributed by atoms with Crippen molar-refractivity contribution < 1.29 is 9.59 Å². The summed E-state index contributed by atoms with van der Waals surface area (Å²) in [6, 6.07) is 15.2. The summed E-state index contributed by atoms with van der Waals surface area (Å²) in [4.78, 5) is 27.1. The molecule has 0 N–H and O–H groups in total. The first-order valence-electron chi connectivity index (χ1n) is 9.39. The van der Waals surface area contributed by atoms with Crippen LogP contribution in [0.3, 0.4) is 0 Å². The van der Waals surface area contributed by atoms with Crippen molar-refractivity contribution in [3.05, 3.63) is 89.6 Å². The highest BCUT2D eigenvalue weighted by Gasteiger charge is 2.35. The molecule has 1 saturated heterocycles. The van der Waals surface area contributed by atoms with Gasteiger partial charge in [-0.1, -0.05) is 35.3 Å². The lowest BCUT2D eigenvalue weighted by molar-refractivity contribution is -0.123. The van der Waals surface area contributed by atoms with Crippen molar-refractivity contribution in [2.75, 3.05) is 0 Å². The highest BCUT2D eigenvalue weighted by molar-refractivity contribution is 14.1. The maximum absolute atomic E-state index is 12.9. The summed E-state index contributed by atoms with van der Waals surface area (Å²) >= 11 is 15.4. The second-order valence-electron chi connectivity index (χ2n) is 7.15. The Morgan fingerprint density at radius 1 is 1.00 bits per heavy atom. The van der Waals surface area contributed by atoms with Crippen LogP contribution in [0.15, 0.2) is 53.4 Å². The van der Waals surface area contributed by atoms with E-state index in [0.717, 1.165) is 43.5 Å². The van der Waals surface area contributed by atoms with Crippen molar-refractivity contribution in [2.45, 2.75) is 20.4 Å². The second kappa shape index (κ2) is 9.02. The Balaban J connectivity index is 1.63. The lowest BCUT2D eigenvalue weighted by Gasteiger charge is -2.12. The number of hydrogen-bond acceptors (Lipinski definition) is 3. The molecule has 0 radical (unpaired) electrons. The molecule has 0 aliphatic carbocycles. The average molecular weight is 583 g/mol. The quantitative estimate of drug-likeness (QED) is 0.240. The van der Waals surface area contributed by atoms with Crippen molar-refractivity contribution >= 4 is 74.8 Å². The van der Waals surface area contributed by atoms with E-state index in [-0.39, 0.29) is 17.7 Å². The highest BCUT2D eigenvalue weighted by Crippen LogP contribution is 2.35. The third kappa shape index (κ3) is 4.58. The summed E-state index contributed by atoms with van der Waals surface area (Å²) in [5.74, 6) is -0.270. The Bertz CT molecular complexity index is 1240. The molecule has 3 aromatic rings. The molecule has 0 saturated carbocycles. The zero-order valence-electron chi connectivity index (χ0n) is 16.7. The van der Waals surface area contributed by atoms with E-state index < -0.39 is 0 Å². The maximum atomic E-state index is 12.9. The first-order chi connectivity index (χ1) is 14.7. The van der Waals surface area contributed by atoms with Gasteiger partial charge >= 0.3 is 0 Å². The molecule has 2 amide bonds. The first kappa shape index (κ1) is 22.5. The minimum absolute atomic E-state index is 0.256. The van der Waals surface area contributed by atoms with Crippen molar-refractivity contribution in [3.63, 3.8) is 0 Å². The van der Waals surface area contributed by atoms with Crippen molar-refractivity contribution in [1.29, 1.82) is 0 Å². The Morgan fingerprint density at radius 3 is 2.39 bits per heavy atom. The SMILES string of the molecule is Cc1cc(/C=C2\SC(=O)N(Cc3ccc(I)cc3)C2=O)c(C)n1-c1ccc(Cl)c(Cl)c1. The molecule has 31 heavy (non-hydrogen) atoms. The van der Waals surface area contributed by atoms with Gasteiger partial charge in [0.15, 0.2) is 0 Å². The van der Waals surface area contributed by atoms with E-state index in [1.54, 1.807) is 12.1 Å². The molecule has 0 bridgehead atoms. The number of thioether (sulfide) groups is 1. The molecule has 4 rings (SSSR count). The minimum Gasteiger partial charge on any atom is -0.318 e. The predicted octanol–water partition coefficient (Wildman–Crippen LogP) is 7.24. The largest absolute Gasteiger partial charge is 0.318 e. The highest BCUT2D eigenvalue weighted by atomic mass is 127. The number of aryl methyl sites for hydroxylation is 1. The zero-order chi connectivity index (χ0) is 22.3. The monoisotopic (exact) mass is 582 g/mol. The van der Waals surface area contributed by atoms with E-state index in [9.17, 15) is 9.59 Å². The van der Waals surface area contributed by atoms with E-state index >= 15 is 0 Å². The van der Waals surface area contributed by atoms with Crippen LogP contribution in [0, 0.1) is 17.4 Å². The van der Waals surface area contributed by atoms with Gasteiger partial charge in [-0.2, -0.15) is 0 Å². The lowest BCUT2D eigenvalue weighted by atomic mass is 10.2. The first-order valence-corrected chi connectivity index (χ1v) is 12.0. The number of benzene rings is 2. The van der Waals surface area contributed by atoms with Crippen LogP contribution >= 0.6 is 57.6 Å². The van der Waals surface area contributed by atoms with Gasteiger partial charge < -0.3 is 4.57 Å². The fourth-order valence-corrected chi connectivity index (χ4v) is 4.99. The Hall–Kier alpha value is -1.74. The van der Waals surface area contributed by atoms with Crippen LogP contribution in [0.1, 0.15) is 22.5 Å². The molecule has 0 spiro atoms. The number of imide groups is 1. The van der Waals surface area contributed by atoms with Gasteiger partial charge in [0, 0.05) is 20.6 Å². The van der Waals surface area contributed by atoms with Crippen LogP contribution in [0.25, 0.3) is 11.8 Å². The van der Waals surface area contributed by atoms with E-state index in [0.29, 0.717) is 15.0 Å². The summed E-state index contributed by atoms with van der Waals surface area (Å²) in [5, 5.41) is 0.716. The standard InChI is InChI=1S/C23H17Cl2IN2O2S/c1-13-9-16(14(2)28(13)18-7-8-19(24)20(25)11-18)10-21-22(29)27(23(30)31-21)12-15-3-5-17(26)6-4-15/h3-11H,12H2,1-2H3/b21-10-. The van der Waals surface area contributed by atoms with Crippen LogP contribution in [-0.4, -0.2) is 20.6 Å². The summed E-state index contributed by atoms with van der Waals surface area (Å²) in [5.41, 5.74) is 4.61. The molecule has 1 aliphatic rings. The number of nitrogens with zero attached hydrogens (tertiary/aromatic N) is 2. The second-order valence-corrected chi connectivity index (χ2v) is 10.2. The van der Waals surface area contributed by atoms with E-state index in [2.05, 4.69) is 22.6 Å². The van der Waals surface area contributed by atoms with E-state index in [1.165, 1.54) is 4.90 Å². The zero-order valence-corrected chi connectivity index (χ0v) is 21.1. The average Bonchev–Trinajstić information content (AvgIpc) is 3.15. The van der Waals surface area contributed by atoms with Crippen molar-refractivity contribution in [1.82, 2.24) is 9.47 Å². The molecule has 158 valence electrons. The third-order valence-corrected chi connectivity index (χ3v) is 7.41. The predicted molar refractivity (Wildman–Crippen MR) is 136 cm³/mol. The van der Waals surface area contributed by atoms with Gasteiger partial charge in [-0.25, -0.2) is 0 Å². The summed E-state index contributed by atoms with van der Waals surface area (Å²) in [6.45, 7) is 4.22. The Labute approximate surface area is 208 Å². The van der Waals surface area contributed by atoms with Crippen LogP contribution in [-0.2, 0) is 11.3 Å². The molecular formula is C23H17Cl2IN2O2S. The van der Waals surface area contributed by atoms with Crippen molar-refractivity contribution in [2.24, 2.45) is 0 Å². The fraction of sp³-hybridized carbons (Fsp3) is 0.130. The molecular weight excluding hydrogens is 566 g/mol. The van der Waals surface area contributed by atoms with Gasteiger partial charge in [-0.15, -0.1) is 0 Å². The number of carbonyl (C=O) groups excluding carboxylic acids is 2. The van der Waals surface area contributed by atoms with Gasteiger partial charge in [0.05, 0.1) is 21.5 Å². The van der Waals surface area contributed by atoms with Crippen molar-refractivity contribution in [3.8, 4) is 5.69 Å². The topological polar surface area (TPSA) is 42.3 Å². The maximum Gasteiger partial charge on any atom is 0.293 e. The number of rotatable bonds is 4. The summed E-state index contributed by atoms with van der Waals surface area (Å²) in [6.07, 6.45) is 1.79. The molecule has 8 heteroatoms. The molecule has 1 aliphatic heterocycles. The lowest BCUT2D eigenvalue weighted by Crippen LogP contribution is -2.27. The van der Waals surface area contributed by atoms with E-state index in [1.807, 2.05) is 60.9 Å². The number of carbonyl (C=O) groups is 2. The smallest absolute Gasteiger partial charge is 0.293 e. The number of amides is 2. The Morgan fingerprint density at radius 2 is 1.71 bits per heavy atom. The van der Waals surface area contributed by atoms with Gasteiger partial charge in [-0.05, 0) is 102 Å². The fourth-order valence-electron chi connectivity index (χ4n) is 3.51. The van der Waals surface area contributed by atoms with Gasteiger partial charge in [0.1, 0.15) is 0 Å². The summed E-state index contributed by atoms with van der Waals surface area (Å²) in [7, 11) is 0. The molecule has 0 unspecified atom stereocenters. The van der Waals surface area contributed by atoms with E-state index in [4.69, 9.17) is 23.2 Å². The van der Waals surface area contributed by atoms with Crippen LogP contribution < -0.4 is 0 Å². The van der Waals surface area contributed by atoms with Gasteiger partial charge in [-0.3, -0.25) is 14.5 Å². The number of hydrogen-bond donors (Lipinski definition) is 0. The van der Waals surface area contributed by atoms with Crippen LogP contribution in [0.4, 0.5) is 4.79 Å². The molecule has 1 aromatic heterocycles. The number of halogens is 3. The molecule has 4 nitrogen and oxygen atoms in total. The molecule has 1 fully saturated rings.